The molecule has 0 saturated carbocycles. The molecule has 1 aromatic heterocycles. The minimum absolute atomic E-state index is 0.307. The summed E-state index contributed by atoms with van der Waals surface area (Å²) < 4.78 is 15.7. The predicted octanol–water partition coefficient (Wildman–Crippen LogP) is 1.97. The summed E-state index contributed by atoms with van der Waals surface area (Å²) >= 11 is 0. The van der Waals surface area contributed by atoms with Crippen molar-refractivity contribution in [2.45, 2.75) is 20.1 Å². The number of rotatable bonds is 6. The molecule has 0 aromatic carbocycles. The highest BCUT2D eigenvalue weighted by Gasteiger charge is 2.01. The van der Waals surface area contributed by atoms with E-state index in [4.69, 9.17) is 20.3 Å². The molecule has 3 heteroatoms. The first kappa shape index (κ1) is 10.8. The van der Waals surface area contributed by atoms with Gasteiger partial charge in [-0.3, -0.25) is 0 Å². The maximum absolute atomic E-state index is 5.41. The Morgan fingerprint density at radius 1 is 1.29 bits per heavy atom. The van der Waals surface area contributed by atoms with Crippen molar-refractivity contribution in [3.63, 3.8) is 0 Å². The molecular weight excluding hydrogens is 180 g/mol. The molecule has 0 N–H and O–H groups in total. The molecule has 0 atom stereocenters. The Morgan fingerprint density at radius 3 is 2.50 bits per heavy atom. The van der Waals surface area contributed by atoms with Crippen LogP contribution in [0.2, 0.25) is 0 Å². The van der Waals surface area contributed by atoms with E-state index >= 15 is 0 Å². The van der Waals surface area contributed by atoms with Gasteiger partial charge in [0.25, 0.3) is 0 Å². The van der Waals surface area contributed by atoms with E-state index in [-0.39, 0.29) is 0 Å². The first-order chi connectivity index (χ1) is 6.86. The van der Waals surface area contributed by atoms with Gasteiger partial charge >= 0.3 is 0 Å². The van der Waals surface area contributed by atoms with E-state index in [0.29, 0.717) is 26.4 Å². The minimum Gasteiger partial charge on any atom is -0.461 e. The van der Waals surface area contributed by atoms with E-state index < -0.39 is 0 Å². The van der Waals surface area contributed by atoms with E-state index in [0.717, 1.165) is 11.5 Å². The Hall–Kier alpha value is -1.24. The molecule has 0 radical (unpaired) electrons. The molecule has 0 aliphatic heterocycles. The normalized spacial score (nSPS) is 10.0. The second kappa shape index (κ2) is 6.25. The van der Waals surface area contributed by atoms with Gasteiger partial charge in [-0.15, -0.1) is 6.42 Å². The second-order valence-electron chi connectivity index (χ2n) is 2.70. The highest BCUT2D eigenvalue weighted by molar-refractivity contribution is 5.05. The van der Waals surface area contributed by atoms with Gasteiger partial charge in [-0.2, -0.15) is 0 Å². The zero-order valence-corrected chi connectivity index (χ0v) is 8.29. The number of terminal acetylenes is 1. The number of hydrogen-bond donors (Lipinski definition) is 0. The number of hydrogen-bond acceptors (Lipinski definition) is 3. The SMILES string of the molecule is C#CCOCc1ccc(COCC)o1. The Kier molecular flexibility index (Phi) is 4.84. The van der Waals surface area contributed by atoms with Gasteiger partial charge in [-0.25, -0.2) is 0 Å². The summed E-state index contributed by atoms with van der Waals surface area (Å²) in [6.45, 7) is 3.85. The molecule has 0 amide bonds. The van der Waals surface area contributed by atoms with Crippen LogP contribution >= 0.6 is 0 Å². The maximum Gasteiger partial charge on any atom is 0.130 e. The fraction of sp³-hybridized carbons (Fsp3) is 0.455. The minimum atomic E-state index is 0.307. The summed E-state index contributed by atoms with van der Waals surface area (Å²) in [6.07, 6.45) is 5.04. The molecule has 0 unspecified atom stereocenters. The van der Waals surface area contributed by atoms with E-state index in [1.54, 1.807) is 0 Å². The first-order valence-corrected chi connectivity index (χ1v) is 4.53. The Morgan fingerprint density at radius 2 is 1.93 bits per heavy atom. The fourth-order valence-electron chi connectivity index (χ4n) is 0.991. The van der Waals surface area contributed by atoms with Gasteiger partial charge < -0.3 is 13.9 Å². The lowest BCUT2D eigenvalue weighted by Gasteiger charge is -1.97. The van der Waals surface area contributed by atoms with Gasteiger partial charge in [0.2, 0.25) is 0 Å². The number of ether oxygens (including phenoxy) is 2. The lowest BCUT2D eigenvalue weighted by molar-refractivity contribution is 0.106. The zero-order chi connectivity index (χ0) is 10.2. The van der Waals surface area contributed by atoms with Crippen LogP contribution in [0.3, 0.4) is 0 Å². The van der Waals surface area contributed by atoms with E-state index in [1.807, 2.05) is 19.1 Å². The molecule has 0 spiro atoms. The molecule has 1 heterocycles. The molecule has 3 nitrogen and oxygen atoms in total. The Bertz CT molecular complexity index is 296. The molecule has 1 aromatic rings. The van der Waals surface area contributed by atoms with Crippen molar-refractivity contribution < 1.29 is 13.9 Å². The summed E-state index contributed by atoms with van der Waals surface area (Å²) in [5, 5.41) is 0. The maximum atomic E-state index is 5.41. The standard InChI is InChI=1S/C11H14O3/c1-3-7-13-9-11-6-5-10(14-11)8-12-4-2/h1,5-6H,4,7-9H2,2H3. The number of furan rings is 1. The predicted molar refractivity (Wildman–Crippen MR) is 52.5 cm³/mol. The van der Waals surface area contributed by atoms with Crippen LogP contribution in [0.25, 0.3) is 0 Å². The molecular formula is C11H14O3. The molecule has 0 bridgehead atoms. The van der Waals surface area contributed by atoms with Crippen LogP contribution in [0.5, 0.6) is 0 Å². The van der Waals surface area contributed by atoms with Crippen molar-refractivity contribution >= 4 is 0 Å². The third kappa shape index (κ3) is 3.65. The smallest absolute Gasteiger partial charge is 0.130 e. The van der Waals surface area contributed by atoms with Gasteiger partial charge in [0, 0.05) is 6.61 Å². The van der Waals surface area contributed by atoms with Crippen LogP contribution in [-0.2, 0) is 22.7 Å². The van der Waals surface area contributed by atoms with Crippen LogP contribution in [0, 0.1) is 12.3 Å². The highest BCUT2D eigenvalue weighted by Crippen LogP contribution is 2.09. The van der Waals surface area contributed by atoms with E-state index in [1.165, 1.54) is 0 Å². The van der Waals surface area contributed by atoms with Crippen molar-refractivity contribution in [2.75, 3.05) is 13.2 Å². The molecule has 1 rings (SSSR count). The molecule has 14 heavy (non-hydrogen) atoms. The van der Waals surface area contributed by atoms with E-state index in [9.17, 15) is 0 Å². The summed E-state index contributed by atoms with van der Waals surface area (Å²) in [4.78, 5) is 0. The van der Waals surface area contributed by atoms with Gasteiger partial charge in [-0.1, -0.05) is 5.92 Å². The van der Waals surface area contributed by atoms with Crippen LogP contribution in [0.4, 0.5) is 0 Å². The average Bonchev–Trinajstić information content (AvgIpc) is 2.63. The molecule has 76 valence electrons. The monoisotopic (exact) mass is 194 g/mol. The quantitative estimate of drug-likeness (QED) is 0.512. The van der Waals surface area contributed by atoms with Crippen LogP contribution < -0.4 is 0 Å². The Balaban J connectivity index is 2.32. The second-order valence-corrected chi connectivity index (χ2v) is 2.70. The van der Waals surface area contributed by atoms with Crippen LogP contribution in [-0.4, -0.2) is 13.2 Å². The summed E-state index contributed by atoms with van der Waals surface area (Å²) in [6, 6.07) is 3.75. The zero-order valence-electron chi connectivity index (χ0n) is 8.29. The van der Waals surface area contributed by atoms with Gasteiger partial charge in [0.1, 0.15) is 31.3 Å². The van der Waals surface area contributed by atoms with Crippen LogP contribution in [0.15, 0.2) is 16.5 Å². The fourth-order valence-corrected chi connectivity index (χ4v) is 0.991. The summed E-state index contributed by atoms with van der Waals surface area (Å²) in [7, 11) is 0. The van der Waals surface area contributed by atoms with Crippen molar-refractivity contribution in [3.05, 3.63) is 23.7 Å². The lowest BCUT2D eigenvalue weighted by atomic mass is 10.4. The highest BCUT2D eigenvalue weighted by atomic mass is 16.5. The molecule has 0 aliphatic rings. The van der Waals surface area contributed by atoms with Crippen LogP contribution in [0.1, 0.15) is 18.4 Å². The van der Waals surface area contributed by atoms with Crippen molar-refractivity contribution in [1.82, 2.24) is 0 Å². The third-order valence-corrected chi connectivity index (χ3v) is 1.60. The third-order valence-electron chi connectivity index (χ3n) is 1.60. The molecule has 0 aliphatic carbocycles. The average molecular weight is 194 g/mol. The van der Waals surface area contributed by atoms with Crippen molar-refractivity contribution in [1.29, 1.82) is 0 Å². The molecule has 0 saturated heterocycles. The van der Waals surface area contributed by atoms with Crippen molar-refractivity contribution in [2.24, 2.45) is 0 Å². The van der Waals surface area contributed by atoms with E-state index in [2.05, 4.69) is 5.92 Å². The lowest BCUT2D eigenvalue weighted by Crippen LogP contribution is -1.91. The van der Waals surface area contributed by atoms with Gasteiger partial charge in [0.15, 0.2) is 0 Å². The molecule has 0 fully saturated rings. The summed E-state index contributed by atoms with van der Waals surface area (Å²) in [5.41, 5.74) is 0. The first-order valence-electron chi connectivity index (χ1n) is 4.53. The van der Waals surface area contributed by atoms with Gasteiger partial charge in [-0.05, 0) is 19.1 Å². The summed E-state index contributed by atoms with van der Waals surface area (Å²) in [5.74, 6) is 3.97. The topological polar surface area (TPSA) is 31.6 Å². The largest absolute Gasteiger partial charge is 0.461 e. The Labute approximate surface area is 84.0 Å². The van der Waals surface area contributed by atoms with Gasteiger partial charge in [0.05, 0.1) is 0 Å². The van der Waals surface area contributed by atoms with Crippen molar-refractivity contribution in [3.8, 4) is 12.3 Å².